The van der Waals surface area contributed by atoms with Crippen molar-refractivity contribution in [3.63, 3.8) is 0 Å². The second-order valence-electron chi connectivity index (χ2n) is 10.4. The van der Waals surface area contributed by atoms with Crippen LogP contribution in [0.1, 0.15) is 11.1 Å². The number of hydrogen-bond acceptors (Lipinski definition) is 4. The molecule has 1 saturated heterocycles. The Bertz CT molecular complexity index is 1270. The van der Waals surface area contributed by atoms with E-state index in [2.05, 4.69) is 20.5 Å². The zero-order valence-electron chi connectivity index (χ0n) is 21.5. The standard InChI is InChI=1S/C28H35ClN6O2/c1-33(2)17-19-13-20-14-22(29)7-8-26(20)35(18-19)27(36)25(32-28(37)34-11-9-30-10-12-34)15-21-16-31-24-6-4-3-5-23(21)24/h3-8,14,16,19,25,30-31H,9-13,15,17-18H2,1-2H3,(H,32,37)/t19-,25-/m1/s1. The molecule has 3 amide bonds. The first-order valence-electron chi connectivity index (χ1n) is 12.9. The Morgan fingerprint density at radius 3 is 2.73 bits per heavy atom. The molecule has 3 heterocycles. The van der Waals surface area contributed by atoms with Gasteiger partial charge in [0.2, 0.25) is 5.91 Å². The minimum Gasteiger partial charge on any atom is -0.361 e. The largest absolute Gasteiger partial charge is 0.361 e. The molecule has 2 aromatic carbocycles. The van der Waals surface area contributed by atoms with Crippen LogP contribution >= 0.6 is 11.6 Å². The molecular formula is C28H35ClN6O2. The van der Waals surface area contributed by atoms with Gasteiger partial charge in [0.05, 0.1) is 0 Å². The molecule has 0 spiro atoms. The van der Waals surface area contributed by atoms with Crippen molar-refractivity contribution < 1.29 is 9.59 Å². The number of nitrogens with one attached hydrogen (secondary N) is 3. The van der Waals surface area contributed by atoms with Gasteiger partial charge in [-0.05, 0) is 61.8 Å². The van der Waals surface area contributed by atoms with Crippen LogP contribution in [0.15, 0.2) is 48.7 Å². The molecule has 0 aliphatic carbocycles. The summed E-state index contributed by atoms with van der Waals surface area (Å²) in [6.07, 6.45) is 3.21. The summed E-state index contributed by atoms with van der Waals surface area (Å²) in [5.41, 5.74) is 3.97. The highest BCUT2D eigenvalue weighted by Gasteiger charge is 2.35. The summed E-state index contributed by atoms with van der Waals surface area (Å²) in [6.45, 7) is 4.20. The molecule has 2 aliphatic heterocycles. The van der Waals surface area contributed by atoms with Crippen LogP contribution in [0.25, 0.3) is 10.9 Å². The molecule has 37 heavy (non-hydrogen) atoms. The van der Waals surface area contributed by atoms with Crippen molar-refractivity contribution in [1.29, 1.82) is 0 Å². The maximum absolute atomic E-state index is 14.3. The van der Waals surface area contributed by atoms with Crippen LogP contribution in [0.5, 0.6) is 0 Å². The number of urea groups is 1. The van der Waals surface area contributed by atoms with Gasteiger partial charge in [0.15, 0.2) is 0 Å². The summed E-state index contributed by atoms with van der Waals surface area (Å²) < 4.78 is 0. The first-order chi connectivity index (χ1) is 17.9. The van der Waals surface area contributed by atoms with Crippen LogP contribution in [0, 0.1) is 5.92 Å². The van der Waals surface area contributed by atoms with Gasteiger partial charge in [-0.1, -0.05) is 29.8 Å². The Labute approximate surface area is 222 Å². The quantitative estimate of drug-likeness (QED) is 0.464. The van der Waals surface area contributed by atoms with E-state index >= 15 is 0 Å². The van der Waals surface area contributed by atoms with Crippen LogP contribution in [0.3, 0.4) is 0 Å². The van der Waals surface area contributed by atoms with Crippen LogP contribution in [0.2, 0.25) is 5.02 Å². The second kappa shape index (κ2) is 11.1. The van der Waals surface area contributed by atoms with Gasteiger partial charge in [-0.15, -0.1) is 0 Å². The van der Waals surface area contributed by atoms with Crippen molar-refractivity contribution in [1.82, 2.24) is 25.4 Å². The maximum atomic E-state index is 14.3. The number of rotatable bonds is 6. The third-order valence-electron chi connectivity index (χ3n) is 7.27. The van der Waals surface area contributed by atoms with E-state index in [0.717, 1.165) is 53.8 Å². The lowest BCUT2D eigenvalue weighted by Crippen LogP contribution is -2.57. The Hall–Kier alpha value is -3.07. The van der Waals surface area contributed by atoms with E-state index in [1.54, 1.807) is 4.90 Å². The van der Waals surface area contributed by atoms with Crippen molar-refractivity contribution in [3.05, 3.63) is 64.8 Å². The lowest BCUT2D eigenvalue weighted by molar-refractivity contribution is -0.120. The number of aromatic nitrogens is 1. The fourth-order valence-corrected chi connectivity index (χ4v) is 5.77. The summed E-state index contributed by atoms with van der Waals surface area (Å²) in [5.74, 6) is 0.170. The minimum atomic E-state index is -0.705. The van der Waals surface area contributed by atoms with Gasteiger partial charge in [-0.3, -0.25) is 4.79 Å². The van der Waals surface area contributed by atoms with Crippen molar-refractivity contribution in [2.24, 2.45) is 5.92 Å². The normalized spacial score (nSPS) is 18.6. The first kappa shape index (κ1) is 25.6. The highest BCUT2D eigenvalue weighted by Crippen LogP contribution is 2.33. The maximum Gasteiger partial charge on any atom is 0.318 e. The molecule has 0 radical (unpaired) electrons. The number of aromatic amines is 1. The van der Waals surface area contributed by atoms with E-state index in [1.165, 1.54) is 0 Å². The molecule has 3 aromatic rings. The van der Waals surface area contributed by atoms with Crippen LogP contribution in [-0.2, 0) is 17.6 Å². The number of benzene rings is 2. The van der Waals surface area contributed by atoms with Gasteiger partial charge in [0.25, 0.3) is 0 Å². The van der Waals surface area contributed by atoms with Gasteiger partial charge in [0.1, 0.15) is 6.04 Å². The molecule has 1 aromatic heterocycles. The number of carbonyl (C=O) groups is 2. The average molecular weight is 523 g/mol. The van der Waals surface area contributed by atoms with E-state index in [9.17, 15) is 9.59 Å². The Morgan fingerprint density at radius 2 is 1.95 bits per heavy atom. The molecular weight excluding hydrogens is 488 g/mol. The lowest BCUT2D eigenvalue weighted by atomic mass is 9.91. The number of nitrogens with zero attached hydrogens (tertiary/aromatic N) is 3. The second-order valence-corrected chi connectivity index (χ2v) is 10.8. The first-order valence-corrected chi connectivity index (χ1v) is 13.3. The van der Waals surface area contributed by atoms with Gasteiger partial charge in [0, 0.05) is 73.5 Å². The van der Waals surface area contributed by atoms with Crippen LogP contribution < -0.4 is 15.5 Å². The Morgan fingerprint density at radius 1 is 1.16 bits per heavy atom. The number of anilines is 1. The number of piperazine rings is 1. The fourth-order valence-electron chi connectivity index (χ4n) is 5.58. The number of amides is 3. The van der Waals surface area contributed by atoms with Gasteiger partial charge in [-0.25, -0.2) is 4.79 Å². The molecule has 0 bridgehead atoms. The molecule has 2 aliphatic rings. The van der Waals surface area contributed by atoms with Crippen molar-refractivity contribution >= 4 is 40.1 Å². The molecule has 1 fully saturated rings. The molecule has 3 N–H and O–H groups in total. The summed E-state index contributed by atoms with van der Waals surface area (Å²) in [6, 6.07) is 12.9. The monoisotopic (exact) mass is 522 g/mol. The van der Waals surface area contributed by atoms with Gasteiger partial charge >= 0.3 is 6.03 Å². The van der Waals surface area contributed by atoms with E-state index in [0.29, 0.717) is 31.1 Å². The number of carbonyl (C=O) groups excluding carboxylic acids is 2. The van der Waals surface area contributed by atoms with Crippen molar-refractivity contribution in [2.75, 3.05) is 58.3 Å². The van der Waals surface area contributed by atoms with E-state index in [-0.39, 0.29) is 17.9 Å². The molecule has 196 valence electrons. The zero-order chi connectivity index (χ0) is 25.9. The van der Waals surface area contributed by atoms with E-state index in [1.807, 2.05) is 67.7 Å². The zero-order valence-corrected chi connectivity index (χ0v) is 22.2. The molecule has 8 nitrogen and oxygen atoms in total. The number of para-hydroxylation sites is 1. The predicted molar refractivity (Wildman–Crippen MR) is 148 cm³/mol. The van der Waals surface area contributed by atoms with E-state index < -0.39 is 6.04 Å². The van der Waals surface area contributed by atoms with Gasteiger partial charge in [-0.2, -0.15) is 0 Å². The summed E-state index contributed by atoms with van der Waals surface area (Å²) >= 11 is 6.34. The SMILES string of the molecule is CN(C)C[C@H]1Cc2cc(Cl)ccc2N(C(=O)[C@@H](Cc2c[nH]c3ccccc23)NC(=O)N2CCNCC2)C1. The fraction of sp³-hybridized carbons (Fsp3) is 0.429. The average Bonchev–Trinajstić information content (AvgIpc) is 3.30. The molecule has 2 atom stereocenters. The van der Waals surface area contributed by atoms with Crippen LogP contribution in [-0.4, -0.2) is 86.1 Å². The number of halogens is 1. The topological polar surface area (TPSA) is 83.7 Å². The summed E-state index contributed by atoms with van der Waals surface area (Å²) in [7, 11) is 4.10. The van der Waals surface area contributed by atoms with Crippen molar-refractivity contribution in [2.45, 2.75) is 18.9 Å². The molecule has 0 unspecified atom stereocenters. The lowest BCUT2D eigenvalue weighted by Gasteiger charge is -2.38. The summed E-state index contributed by atoms with van der Waals surface area (Å²) in [4.78, 5) is 36.7. The highest BCUT2D eigenvalue weighted by molar-refractivity contribution is 6.30. The predicted octanol–water partition coefficient (Wildman–Crippen LogP) is 3.11. The molecule has 0 saturated carbocycles. The molecule has 9 heteroatoms. The summed E-state index contributed by atoms with van der Waals surface area (Å²) in [5, 5.41) is 8.10. The number of fused-ring (bicyclic) bond motifs is 2. The number of hydrogen-bond donors (Lipinski definition) is 3. The van der Waals surface area contributed by atoms with Crippen LogP contribution in [0.4, 0.5) is 10.5 Å². The smallest absolute Gasteiger partial charge is 0.318 e. The van der Waals surface area contributed by atoms with Gasteiger partial charge < -0.3 is 30.3 Å². The minimum absolute atomic E-state index is 0.0965. The van der Waals surface area contributed by atoms with E-state index in [4.69, 9.17) is 11.6 Å². The third kappa shape index (κ3) is 5.76. The third-order valence-corrected chi connectivity index (χ3v) is 7.51. The highest BCUT2D eigenvalue weighted by atomic mass is 35.5. The molecule has 5 rings (SSSR count). The number of H-pyrrole nitrogens is 1. The Kier molecular flexibility index (Phi) is 7.69. The Balaban J connectivity index is 1.46. The van der Waals surface area contributed by atoms with Crippen molar-refractivity contribution in [3.8, 4) is 0 Å².